The van der Waals surface area contributed by atoms with E-state index in [0.29, 0.717) is 18.4 Å². The zero-order valence-electron chi connectivity index (χ0n) is 11.9. The van der Waals surface area contributed by atoms with Crippen LogP contribution in [-0.2, 0) is 6.54 Å². The van der Waals surface area contributed by atoms with Crippen molar-refractivity contribution in [1.82, 2.24) is 14.8 Å². The predicted molar refractivity (Wildman–Crippen MR) is 81.9 cm³/mol. The fourth-order valence-corrected chi connectivity index (χ4v) is 2.79. The van der Waals surface area contributed by atoms with Gasteiger partial charge in [-0.15, -0.1) is 0 Å². The third-order valence-electron chi connectivity index (χ3n) is 3.86. The van der Waals surface area contributed by atoms with E-state index < -0.39 is 0 Å². The molecule has 0 bridgehead atoms. The Morgan fingerprint density at radius 2 is 2.10 bits per heavy atom. The number of nitrogens with zero attached hydrogens (tertiary/aromatic N) is 3. The summed E-state index contributed by atoms with van der Waals surface area (Å²) >= 11 is 0. The quantitative estimate of drug-likeness (QED) is 0.795. The Labute approximate surface area is 124 Å². The lowest BCUT2D eigenvalue weighted by molar-refractivity contribution is 0.126. The number of nitrogens with two attached hydrogens (primary N) is 1. The molecule has 112 valence electrons. The van der Waals surface area contributed by atoms with E-state index in [4.69, 9.17) is 5.73 Å². The first-order chi connectivity index (χ1) is 10.2. The van der Waals surface area contributed by atoms with Gasteiger partial charge in [0.15, 0.2) is 0 Å². The van der Waals surface area contributed by atoms with Gasteiger partial charge in [-0.05, 0) is 49.4 Å². The second-order valence-corrected chi connectivity index (χ2v) is 5.64. The SMILES string of the molecule is Nc1cc(Cn2cccn2)cc(NC2CCC(O)CC2)n1. The smallest absolute Gasteiger partial charge is 0.128 e. The Morgan fingerprint density at radius 1 is 1.29 bits per heavy atom. The summed E-state index contributed by atoms with van der Waals surface area (Å²) in [5.41, 5.74) is 6.97. The fourth-order valence-electron chi connectivity index (χ4n) is 2.79. The molecule has 21 heavy (non-hydrogen) atoms. The van der Waals surface area contributed by atoms with Crippen LogP contribution in [0.5, 0.6) is 0 Å². The summed E-state index contributed by atoms with van der Waals surface area (Å²) in [6.07, 6.45) is 7.16. The van der Waals surface area contributed by atoms with E-state index in [1.807, 2.05) is 29.1 Å². The molecule has 0 unspecified atom stereocenters. The molecule has 6 heteroatoms. The maximum Gasteiger partial charge on any atom is 0.128 e. The largest absolute Gasteiger partial charge is 0.393 e. The van der Waals surface area contributed by atoms with Crippen molar-refractivity contribution in [1.29, 1.82) is 0 Å². The van der Waals surface area contributed by atoms with E-state index >= 15 is 0 Å². The van der Waals surface area contributed by atoms with Gasteiger partial charge in [-0.3, -0.25) is 4.68 Å². The molecule has 2 heterocycles. The second kappa shape index (κ2) is 6.13. The Balaban J connectivity index is 1.69. The molecule has 2 aromatic rings. The molecule has 1 fully saturated rings. The van der Waals surface area contributed by atoms with Crippen molar-refractivity contribution in [3.05, 3.63) is 36.2 Å². The number of aliphatic hydroxyl groups is 1. The van der Waals surface area contributed by atoms with Gasteiger partial charge < -0.3 is 16.2 Å². The number of aliphatic hydroxyl groups excluding tert-OH is 1. The molecule has 0 spiro atoms. The van der Waals surface area contributed by atoms with Gasteiger partial charge in [0.1, 0.15) is 11.6 Å². The van der Waals surface area contributed by atoms with Crippen molar-refractivity contribution < 1.29 is 5.11 Å². The van der Waals surface area contributed by atoms with E-state index in [2.05, 4.69) is 15.4 Å². The highest BCUT2D eigenvalue weighted by Gasteiger charge is 2.19. The standard InChI is InChI=1S/C15H21N5O/c16-14-8-11(10-20-7-1-6-17-20)9-15(19-14)18-12-2-4-13(21)5-3-12/h1,6-9,12-13,21H,2-5,10H2,(H3,16,18,19). The first-order valence-electron chi connectivity index (χ1n) is 7.37. The van der Waals surface area contributed by atoms with Crippen molar-refractivity contribution in [3.63, 3.8) is 0 Å². The van der Waals surface area contributed by atoms with E-state index in [0.717, 1.165) is 37.1 Å². The van der Waals surface area contributed by atoms with E-state index in [1.165, 1.54) is 0 Å². The third kappa shape index (κ3) is 3.72. The molecule has 4 N–H and O–H groups in total. The molecule has 1 aliphatic carbocycles. The lowest BCUT2D eigenvalue weighted by atomic mass is 9.93. The molecule has 0 atom stereocenters. The van der Waals surface area contributed by atoms with E-state index in [1.54, 1.807) is 6.20 Å². The Hall–Kier alpha value is -2.08. The lowest BCUT2D eigenvalue weighted by Gasteiger charge is -2.26. The van der Waals surface area contributed by atoms with Crippen molar-refractivity contribution >= 4 is 11.6 Å². The van der Waals surface area contributed by atoms with Gasteiger partial charge in [-0.25, -0.2) is 4.98 Å². The molecule has 1 aliphatic rings. The molecular formula is C15H21N5O. The first-order valence-corrected chi connectivity index (χ1v) is 7.37. The Bertz CT molecular complexity index is 576. The number of nitrogen functional groups attached to an aromatic ring is 1. The molecule has 0 amide bonds. The first kappa shape index (κ1) is 13.9. The average molecular weight is 287 g/mol. The summed E-state index contributed by atoms with van der Waals surface area (Å²) in [5, 5.41) is 17.2. The predicted octanol–water partition coefficient (Wildman–Crippen LogP) is 1.62. The van der Waals surface area contributed by atoms with Crippen LogP contribution in [0, 0.1) is 0 Å². The summed E-state index contributed by atoms with van der Waals surface area (Å²) in [4.78, 5) is 4.35. The van der Waals surface area contributed by atoms with Gasteiger partial charge in [0.25, 0.3) is 0 Å². The van der Waals surface area contributed by atoms with E-state index in [-0.39, 0.29) is 6.10 Å². The van der Waals surface area contributed by atoms with Gasteiger partial charge in [0.2, 0.25) is 0 Å². The average Bonchev–Trinajstić information content (AvgIpc) is 2.93. The third-order valence-corrected chi connectivity index (χ3v) is 3.86. The summed E-state index contributed by atoms with van der Waals surface area (Å²) in [7, 11) is 0. The van der Waals surface area contributed by atoms with Crippen molar-refractivity contribution in [2.75, 3.05) is 11.1 Å². The van der Waals surface area contributed by atoms with Crippen LogP contribution in [0.2, 0.25) is 0 Å². The number of pyridine rings is 1. The van der Waals surface area contributed by atoms with Gasteiger partial charge in [-0.1, -0.05) is 0 Å². The van der Waals surface area contributed by atoms with Crippen LogP contribution in [0.15, 0.2) is 30.6 Å². The zero-order chi connectivity index (χ0) is 14.7. The molecule has 6 nitrogen and oxygen atoms in total. The van der Waals surface area contributed by atoms with Crippen LogP contribution in [0.3, 0.4) is 0 Å². The van der Waals surface area contributed by atoms with Crippen LogP contribution in [0.1, 0.15) is 31.2 Å². The maximum atomic E-state index is 9.55. The number of aromatic nitrogens is 3. The Kier molecular flexibility index (Phi) is 4.06. The van der Waals surface area contributed by atoms with Crippen LogP contribution >= 0.6 is 0 Å². The molecule has 0 aromatic carbocycles. The van der Waals surface area contributed by atoms with Crippen LogP contribution in [-0.4, -0.2) is 32.0 Å². The minimum atomic E-state index is -0.146. The Morgan fingerprint density at radius 3 is 2.81 bits per heavy atom. The molecule has 0 radical (unpaired) electrons. The van der Waals surface area contributed by atoms with Gasteiger partial charge in [0.05, 0.1) is 12.6 Å². The summed E-state index contributed by atoms with van der Waals surface area (Å²) in [5.74, 6) is 1.32. The molecule has 2 aromatic heterocycles. The number of rotatable bonds is 4. The molecule has 3 rings (SSSR count). The zero-order valence-corrected chi connectivity index (χ0v) is 11.9. The van der Waals surface area contributed by atoms with Crippen molar-refractivity contribution in [3.8, 4) is 0 Å². The molecule has 1 saturated carbocycles. The number of nitrogens with one attached hydrogen (secondary N) is 1. The van der Waals surface area contributed by atoms with Crippen LogP contribution in [0.4, 0.5) is 11.6 Å². The van der Waals surface area contributed by atoms with Gasteiger partial charge in [0, 0.05) is 18.4 Å². The molecule has 0 aliphatic heterocycles. The minimum Gasteiger partial charge on any atom is -0.393 e. The second-order valence-electron chi connectivity index (χ2n) is 5.64. The highest BCUT2D eigenvalue weighted by molar-refractivity contribution is 5.47. The highest BCUT2D eigenvalue weighted by Crippen LogP contribution is 2.22. The minimum absolute atomic E-state index is 0.146. The monoisotopic (exact) mass is 287 g/mol. The molecular weight excluding hydrogens is 266 g/mol. The summed E-state index contributed by atoms with van der Waals surface area (Å²) < 4.78 is 1.86. The van der Waals surface area contributed by atoms with Crippen molar-refractivity contribution in [2.45, 2.75) is 44.4 Å². The summed E-state index contributed by atoms with van der Waals surface area (Å²) in [6, 6.07) is 6.15. The normalized spacial score (nSPS) is 22.1. The summed E-state index contributed by atoms with van der Waals surface area (Å²) in [6.45, 7) is 0.678. The van der Waals surface area contributed by atoms with E-state index in [9.17, 15) is 5.11 Å². The van der Waals surface area contributed by atoms with Gasteiger partial charge in [-0.2, -0.15) is 5.10 Å². The fraction of sp³-hybridized carbons (Fsp3) is 0.467. The number of anilines is 2. The van der Waals surface area contributed by atoms with Crippen LogP contribution in [0.25, 0.3) is 0 Å². The number of hydrogen-bond acceptors (Lipinski definition) is 5. The molecule has 0 saturated heterocycles. The highest BCUT2D eigenvalue weighted by atomic mass is 16.3. The maximum absolute atomic E-state index is 9.55. The van der Waals surface area contributed by atoms with Crippen LogP contribution < -0.4 is 11.1 Å². The lowest BCUT2D eigenvalue weighted by Crippen LogP contribution is -2.28. The van der Waals surface area contributed by atoms with Gasteiger partial charge >= 0.3 is 0 Å². The van der Waals surface area contributed by atoms with Crippen molar-refractivity contribution in [2.24, 2.45) is 0 Å². The number of hydrogen-bond donors (Lipinski definition) is 3. The topological polar surface area (TPSA) is 89.0 Å².